The Morgan fingerprint density at radius 2 is 1.27 bits per heavy atom. The highest BCUT2D eigenvalue weighted by molar-refractivity contribution is 4.97. The molecule has 2 aromatic heterocycles. The molecule has 0 aliphatic heterocycles. The third kappa shape index (κ3) is 10.8. The number of aromatic nitrogens is 6. The summed E-state index contributed by atoms with van der Waals surface area (Å²) in [4.78, 5) is 7.84. The van der Waals surface area contributed by atoms with Crippen molar-refractivity contribution in [1.82, 2.24) is 30.4 Å². The van der Waals surface area contributed by atoms with Gasteiger partial charge < -0.3 is 0 Å². The molecule has 0 amide bonds. The molecule has 0 saturated heterocycles. The lowest BCUT2D eigenvalue weighted by atomic mass is 10.1. The second-order valence-corrected chi connectivity index (χ2v) is 4.37. The van der Waals surface area contributed by atoms with Crippen molar-refractivity contribution in [2.75, 3.05) is 0 Å². The minimum Gasteiger partial charge on any atom is -0.241 e. The van der Waals surface area contributed by atoms with Gasteiger partial charge in [0.05, 0.1) is 23.8 Å². The first-order valence-electron chi connectivity index (χ1n) is 7.86. The van der Waals surface area contributed by atoms with Gasteiger partial charge in [-0.2, -0.15) is 10.2 Å². The zero-order valence-electron chi connectivity index (χ0n) is 15.1. The molecule has 2 heterocycles. The Bertz CT molecular complexity index is 387. The average molecular weight is 306 g/mol. The van der Waals surface area contributed by atoms with Gasteiger partial charge in [-0.05, 0) is 11.8 Å². The minimum atomic E-state index is 0.422. The third-order valence-corrected chi connectivity index (χ3v) is 2.20. The van der Waals surface area contributed by atoms with E-state index in [1.54, 1.807) is 12.4 Å². The molecule has 2 rings (SSSR count). The monoisotopic (exact) mass is 306 g/mol. The normalized spacial score (nSPS) is 8.82. The molecule has 0 aliphatic rings. The fourth-order valence-electron chi connectivity index (χ4n) is 1.07. The Balaban J connectivity index is 0. The van der Waals surface area contributed by atoms with Crippen LogP contribution in [0.4, 0.5) is 0 Å². The van der Waals surface area contributed by atoms with Crippen LogP contribution in [-0.2, 0) is 0 Å². The van der Waals surface area contributed by atoms with Gasteiger partial charge in [-0.25, -0.2) is 9.97 Å². The Morgan fingerprint density at radius 3 is 1.55 bits per heavy atom. The van der Waals surface area contributed by atoms with Gasteiger partial charge in [0, 0.05) is 0 Å². The van der Waals surface area contributed by atoms with Crippen LogP contribution < -0.4 is 0 Å². The number of rotatable bonds is 2. The SMILES string of the molecule is CC.CC.CC(C)c1cncnn1.CC(C)c1cnncn1. The van der Waals surface area contributed by atoms with Crippen LogP contribution in [0.15, 0.2) is 25.0 Å². The first kappa shape index (κ1) is 22.3. The van der Waals surface area contributed by atoms with E-state index in [1.165, 1.54) is 12.7 Å². The number of hydrogen-bond donors (Lipinski definition) is 0. The quantitative estimate of drug-likeness (QED) is 0.833. The number of hydrogen-bond acceptors (Lipinski definition) is 6. The van der Waals surface area contributed by atoms with Crippen molar-refractivity contribution in [3.05, 3.63) is 36.4 Å². The number of nitrogens with zero attached hydrogens (tertiary/aromatic N) is 6. The maximum atomic E-state index is 4.00. The van der Waals surface area contributed by atoms with Crippen LogP contribution in [-0.4, -0.2) is 30.4 Å². The summed E-state index contributed by atoms with van der Waals surface area (Å²) in [6.45, 7) is 16.3. The van der Waals surface area contributed by atoms with Crippen LogP contribution in [0.25, 0.3) is 0 Å². The Labute approximate surface area is 134 Å². The summed E-state index contributed by atoms with van der Waals surface area (Å²) in [5.74, 6) is 0.867. The molecule has 0 fully saturated rings. The first-order valence-corrected chi connectivity index (χ1v) is 7.86. The van der Waals surface area contributed by atoms with Crippen molar-refractivity contribution in [2.24, 2.45) is 0 Å². The Morgan fingerprint density at radius 1 is 0.682 bits per heavy atom. The topological polar surface area (TPSA) is 77.3 Å². The molecule has 0 bridgehead atoms. The summed E-state index contributed by atoms with van der Waals surface area (Å²) >= 11 is 0. The van der Waals surface area contributed by atoms with Gasteiger partial charge in [-0.3, -0.25) is 0 Å². The van der Waals surface area contributed by atoms with Gasteiger partial charge in [0.1, 0.15) is 12.7 Å². The molecule has 0 unspecified atom stereocenters. The molecular weight excluding hydrogens is 276 g/mol. The summed E-state index contributed by atoms with van der Waals surface area (Å²) in [6, 6.07) is 0. The van der Waals surface area contributed by atoms with E-state index in [-0.39, 0.29) is 0 Å². The van der Waals surface area contributed by atoms with E-state index >= 15 is 0 Å². The largest absolute Gasteiger partial charge is 0.241 e. The smallest absolute Gasteiger partial charge is 0.138 e. The predicted octanol–water partition coefficient (Wildman–Crippen LogP) is 4.04. The highest BCUT2D eigenvalue weighted by atomic mass is 15.1. The van der Waals surface area contributed by atoms with E-state index in [4.69, 9.17) is 0 Å². The first-order chi connectivity index (χ1) is 10.6. The fourth-order valence-corrected chi connectivity index (χ4v) is 1.07. The van der Waals surface area contributed by atoms with Crippen LogP contribution in [0.1, 0.15) is 78.6 Å². The van der Waals surface area contributed by atoms with E-state index in [2.05, 4.69) is 58.1 Å². The summed E-state index contributed by atoms with van der Waals surface area (Å²) in [5.41, 5.74) is 1.93. The maximum absolute atomic E-state index is 4.00. The summed E-state index contributed by atoms with van der Waals surface area (Å²) in [6.07, 6.45) is 6.32. The van der Waals surface area contributed by atoms with Crippen molar-refractivity contribution in [2.45, 2.75) is 67.2 Å². The molecule has 6 nitrogen and oxygen atoms in total. The lowest BCUT2D eigenvalue weighted by Gasteiger charge is -1.98. The predicted molar refractivity (Wildman–Crippen MR) is 90.5 cm³/mol. The summed E-state index contributed by atoms with van der Waals surface area (Å²) < 4.78 is 0. The van der Waals surface area contributed by atoms with Crippen molar-refractivity contribution in [1.29, 1.82) is 0 Å². The van der Waals surface area contributed by atoms with E-state index in [0.717, 1.165) is 11.4 Å². The summed E-state index contributed by atoms with van der Waals surface area (Å²) in [5, 5.41) is 14.8. The maximum Gasteiger partial charge on any atom is 0.138 e. The van der Waals surface area contributed by atoms with Gasteiger partial charge >= 0.3 is 0 Å². The lowest BCUT2D eigenvalue weighted by Crippen LogP contribution is -1.94. The van der Waals surface area contributed by atoms with Crippen molar-refractivity contribution in [3.8, 4) is 0 Å². The van der Waals surface area contributed by atoms with Crippen LogP contribution in [0, 0.1) is 0 Å². The van der Waals surface area contributed by atoms with Gasteiger partial charge in [0.15, 0.2) is 0 Å². The van der Waals surface area contributed by atoms with Crippen molar-refractivity contribution in [3.63, 3.8) is 0 Å². The van der Waals surface area contributed by atoms with Crippen LogP contribution in [0.5, 0.6) is 0 Å². The van der Waals surface area contributed by atoms with Gasteiger partial charge in [0.2, 0.25) is 0 Å². The van der Waals surface area contributed by atoms with Gasteiger partial charge in [0.25, 0.3) is 0 Å². The molecule has 0 N–H and O–H groups in total. The molecule has 0 radical (unpaired) electrons. The highest BCUT2D eigenvalue weighted by Gasteiger charge is 1.98. The zero-order chi connectivity index (χ0) is 17.4. The molecule has 0 aliphatic carbocycles. The Hall–Kier alpha value is -1.98. The van der Waals surface area contributed by atoms with Gasteiger partial charge in [-0.15, -0.1) is 10.2 Å². The van der Waals surface area contributed by atoms with Gasteiger partial charge in [-0.1, -0.05) is 55.4 Å². The Kier molecular flexibility index (Phi) is 15.6. The molecular formula is C16H30N6. The molecule has 2 aromatic rings. The van der Waals surface area contributed by atoms with Crippen molar-refractivity contribution < 1.29 is 0 Å². The van der Waals surface area contributed by atoms with E-state index < -0.39 is 0 Å². The third-order valence-electron chi connectivity index (χ3n) is 2.20. The lowest BCUT2D eigenvalue weighted by molar-refractivity contribution is 0.766. The zero-order valence-corrected chi connectivity index (χ0v) is 15.1. The van der Waals surface area contributed by atoms with Crippen molar-refractivity contribution >= 4 is 0 Å². The van der Waals surface area contributed by atoms with Crippen LogP contribution >= 0.6 is 0 Å². The average Bonchev–Trinajstić information content (AvgIpc) is 2.60. The van der Waals surface area contributed by atoms with E-state index in [9.17, 15) is 0 Å². The molecule has 0 saturated carbocycles. The second-order valence-electron chi connectivity index (χ2n) is 4.37. The fraction of sp³-hybridized carbons (Fsp3) is 0.625. The molecule has 124 valence electrons. The standard InChI is InChI=1S/2C6H9N3.2C2H6/c1-5(2)6-3-8-9-4-7-6;1-5(2)6-3-7-4-8-9-6;2*1-2/h2*3-5H,1-2H3;2*1-2H3. The highest BCUT2D eigenvalue weighted by Crippen LogP contribution is 2.06. The second kappa shape index (κ2) is 15.4. The summed E-state index contributed by atoms with van der Waals surface area (Å²) in [7, 11) is 0. The molecule has 6 heteroatoms. The molecule has 0 spiro atoms. The van der Waals surface area contributed by atoms with Crippen LogP contribution in [0.3, 0.4) is 0 Å². The molecule has 0 atom stereocenters. The van der Waals surface area contributed by atoms with E-state index in [0.29, 0.717) is 11.8 Å². The van der Waals surface area contributed by atoms with Crippen LogP contribution in [0.2, 0.25) is 0 Å². The minimum absolute atomic E-state index is 0.422. The van der Waals surface area contributed by atoms with E-state index in [1.807, 2.05) is 27.7 Å². The molecule has 0 aromatic carbocycles. The molecule has 22 heavy (non-hydrogen) atoms.